The zero-order valence-electron chi connectivity index (χ0n) is 12.4. The Morgan fingerprint density at radius 2 is 2.05 bits per heavy atom. The molecule has 0 radical (unpaired) electrons. The van der Waals surface area contributed by atoms with Crippen molar-refractivity contribution in [1.82, 2.24) is 14.7 Å². The van der Waals surface area contributed by atoms with Gasteiger partial charge in [-0.15, -0.1) is 0 Å². The molecule has 0 bridgehead atoms. The van der Waals surface area contributed by atoms with Crippen LogP contribution in [0.3, 0.4) is 0 Å². The molecule has 0 amide bonds. The molecule has 0 aliphatic carbocycles. The average Bonchev–Trinajstić information content (AvgIpc) is 2.74. The van der Waals surface area contributed by atoms with Crippen molar-refractivity contribution in [2.45, 2.75) is 51.5 Å². The number of hydrogen-bond acceptors (Lipinski definition) is 4. The molecule has 1 aromatic rings. The molecule has 19 heavy (non-hydrogen) atoms. The van der Waals surface area contributed by atoms with Gasteiger partial charge in [-0.2, -0.15) is 5.10 Å². The molecule has 1 fully saturated rings. The lowest BCUT2D eigenvalue weighted by molar-refractivity contribution is -0.0838. The number of nitrogens with two attached hydrogens (primary N) is 1. The normalized spacial score (nSPS) is 28.3. The molecule has 2 rings (SSSR count). The Morgan fingerprint density at radius 3 is 2.53 bits per heavy atom. The molecular formula is C14H26N4O. The maximum absolute atomic E-state index is 6.36. The standard InChI is InChI=1S/C14H26N4O/c1-5-13(15)14(12-6-16-17(4)9-12)18-7-10(2)19-11(3)8-18/h6,9-11,13-14H,5,7-8,15H2,1-4H3/t10-,11+,13?,14?. The summed E-state index contributed by atoms with van der Waals surface area (Å²) in [5, 5.41) is 4.29. The van der Waals surface area contributed by atoms with E-state index in [4.69, 9.17) is 10.5 Å². The smallest absolute Gasteiger partial charge is 0.0678 e. The van der Waals surface area contributed by atoms with Crippen LogP contribution in [-0.2, 0) is 11.8 Å². The van der Waals surface area contributed by atoms with E-state index in [1.54, 1.807) is 0 Å². The number of aryl methyl sites for hydroxylation is 1. The first kappa shape index (κ1) is 14.5. The second kappa shape index (κ2) is 6.03. The Morgan fingerprint density at radius 1 is 1.42 bits per heavy atom. The molecule has 1 aromatic heterocycles. The third kappa shape index (κ3) is 3.35. The van der Waals surface area contributed by atoms with E-state index in [2.05, 4.69) is 37.0 Å². The molecule has 1 aliphatic rings. The fourth-order valence-corrected chi connectivity index (χ4v) is 2.99. The minimum atomic E-state index is 0.127. The van der Waals surface area contributed by atoms with Crippen LogP contribution < -0.4 is 5.73 Å². The zero-order valence-corrected chi connectivity index (χ0v) is 12.4. The van der Waals surface area contributed by atoms with Crippen molar-refractivity contribution in [2.75, 3.05) is 13.1 Å². The average molecular weight is 266 g/mol. The SMILES string of the molecule is CCC(N)C(c1cnn(C)c1)N1C[C@@H](C)O[C@@H](C)C1. The number of rotatable bonds is 4. The van der Waals surface area contributed by atoms with Crippen LogP contribution >= 0.6 is 0 Å². The summed E-state index contributed by atoms with van der Waals surface area (Å²) in [6.45, 7) is 8.25. The van der Waals surface area contributed by atoms with E-state index in [0.29, 0.717) is 0 Å². The van der Waals surface area contributed by atoms with Crippen LogP contribution in [0.4, 0.5) is 0 Å². The van der Waals surface area contributed by atoms with Gasteiger partial charge in [0.1, 0.15) is 0 Å². The molecule has 4 atom stereocenters. The third-order valence-corrected chi connectivity index (χ3v) is 3.78. The predicted octanol–water partition coefficient (Wildman–Crippen LogP) is 1.31. The summed E-state index contributed by atoms with van der Waals surface area (Å²) >= 11 is 0. The zero-order chi connectivity index (χ0) is 14.0. The Balaban J connectivity index is 2.22. The quantitative estimate of drug-likeness (QED) is 0.892. The Bertz CT molecular complexity index is 396. The van der Waals surface area contributed by atoms with Crippen molar-refractivity contribution in [1.29, 1.82) is 0 Å². The van der Waals surface area contributed by atoms with Gasteiger partial charge >= 0.3 is 0 Å². The molecule has 2 heterocycles. The summed E-state index contributed by atoms with van der Waals surface area (Å²) < 4.78 is 7.66. The van der Waals surface area contributed by atoms with E-state index in [-0.39, 0.29) is 24.3 Å². The van der Waals surface area contributed by atoms with Crippen LogP contribution in [0.2, 0.25) is 0 Å². The Kier molecular flexibility index (Phi) is 4.60. The van der Waals surface area contributed by atoms with Gasteiger partial charge in [0.25, 0.3) is 0 Å². The van der Waals surface area contributed by atoms with E-state index in [1.165, 1.54) is 5.56 Å². The summed E-state index contributed by atoms with van der Waals surface area (Å²) in [5.41, 5.74) is 7.57. The van der Waals surface area contributed by atoms with Gasteiger partial charge in [-0.3, -0.25) is 9.58 Å². The van der Waals surface area contributed by atoms with Crippen molar-refractivity contribution in [3.8, 4) is 0 Å². The van der Waals surface area contributed by atoms with Gasteiger partial charge in [-0.05, 0) is 20.3 Å². The second-order valence-corrected chi connectivity index (χ2v) is 5.68. The Hall–Kier alpha value is -0.910. The number of hydrogen-bond donors (Lipinski definition) is 1. The fourth-order valence-electron chi connectivity index (χ4n) is 2.99. The lowest BCUT2D eigenvalue weighted by Crippen LogP contribution is -2.51. The first-order valence-electron chi connectivity index (χ1n) is 7.14. The third-order valence-electron chi connectivity index (χ3n) is 3.78. The van der Waals surface area contributed by atoms with Gasteiger partial charge < -0.3 is 10.5 Å². The molecule has 2 unspecified atom stereocenters. The van der Waals surface area contributed by atoms with Crippen molar-refractivity contribution in [2.24, 2.45) is 12.8 Å². The van der Waals surface area contributed by atoms with Gasteiger partial charge in [0.2, 0.25) is 0 Å². The fraction of sp³-hybridized carbons (Fsp3) is 0.786. The summed E-state index contributed by atoms with van der Waals surface area (Å²) in [6.07, 6.45) is 5.48. The van der Waals surface area contributed by atoms with Crippen LogP contribution in [0.15, 0.2) is 12.4 Å². The number of nitrogens with zero attached hydrogens (tertiary/aromatic N) is 3. The van der Waals surface area contributed by atoms with E-state index < -0.39 is 0 Å². The molecule has 0 aromatic carbocycles. The van der Waals surface area contributed by atoms with Crippen molar-refractivity contribution in [3.63, 3.8) is 0 Å². The molecule has 5 nitrogen and oxygen atoms in total. The highest BCUT2D eigenvalue weighted by Crippen LogP contribution is 2.28. The number of ether oxygens (including phenoxy) is 1. The molecule has 2 N–H and O–H groups in total. The van der Waals surface area contributed by atoms with E-state index in [9.17, 15) is 0 Å². The van der Waals surface area contributed by atoms with Crippen LogP contribution in [0.5, 0.6) is 0 Å². The monoisotopic (exact) mass is 266 g/mol. The van der Waals surface area contributed by atoms with E-state index in [0.717, 1.165) is 19.5 Å². The predicted molar refractivity (Wildman–Crippen MR) is 75.8 cm³/mol. The van der Waals surface area contributed by atoms with Crippen molar-refractivity contribution in [3.05, 3.63) is 18.0 Å². The highest BCUT2D eigenvalue weighted by Gasteiger charge is 2.32. The summed E-state index contributed by atoms with van der Waals surface area (Å²) in [5.74, 6) is 0. The van der Waals surface area contributed by atoms with Gasteiger partial charge in [0.15, 0.2) is 0 Å². The number of aromatic nitrogens is 2. The minimum Gasteiger partial charge on any atom is -0.373 e. The van der Waals surface area contributed by atoms with Crippen LogP contribution in [-0.4, -0.2) is 46.0 Å². The maximum Gasteiger partial charge on any atom is 0.0678 e. The van der Waals surface area contributed by atoms with Gasteiger partial charge in [0.05, 0.1) is 24.4 Å². The van der Waals surface area contributed by atoms with Gasteiger partial charge in [0, 0.05) is 37.9 Å². The summed E-state index contributed by atoms with van der Waals surface area (Å²) in [6, 6.07) is 0.356. The minimum absolute atomic E-state index is 0.127. The second-order valence-electron chi connectivity index (χ2n) is 5.68. The lowest BCUT2D eigenvalue weighted by Gasteiger charge is -2.42. The first-order valence-corrected chi connectivity index (χ1v) is 7.14. The molecule has 0 spiro atoms. The maximum atomic E-state index is 6.36. The largest absolute Gasteiger partial charge is 0.373 e. The van der Waals surface area contributed by atoms with Crippen LogP contribution in [0.1, 0.15) is 38.8 Å². The van der Waals surface area contributed by atoms with Crippen molar-refractivity contribution < 1.29 is 4.74 Å². The van der Waals surface area contributed by atoms with E-state index >= 15 is 0 Å². The topological polar surface area (TPSA) is 56.3 Å². The highest BCUT2D eigenvalue weighted by atomic mass is 16.5. The first-order chi connectivity index (χ1) is 9.01. The van der Waals surface area contributed by atoms with Crippen LogP contribution in [0, 0.1) is 0 Å². The summed E-state index contributed by atoms with van der Waals surface area (Å²) in [7, 11) is 1.95. The molecular weight excluding hydrogens is 240 g/mol. The number of morpholine rings is 1. The van der Waals surface area contributed by atoms with Gasteiger partial charge in [-0.25, -0.2) is 0 Å². The Labute approximate surface area is 115 Å². The van der Waals surface area contributed by atoms with E-state index in [1.807, 2.05) is 17.9 Å². The molecule has 1 saturated heterocycles. The molecule has 1 aliphatic heterocycles. The molecule has 5 heteroatoms. The molecule has 0 saturated carbocycles. The van der Waals surface area contributed by atoms with Crippen molar-refractivity contribution >= 4 is 0 Å². The highest BCUT2D eigenvalue weighted by molar-refractivity contribution is 5.14. The molecule has 108 valence electrons. The van der Waals surface area contributed by atoms with Crippen LogP contribution in [0.25, 0.3) is 0 Å². The summed E-state index contributed by atoms with van der Waals surface area (Å²) in [4.78, 5) is 2.45. The van der Waals surface area contributed by atoms with Gasteiger partial charge in [-0.1, -0.05) is 6.92 Å². The lowest BCUT2D eigenvalue weighted by atomic mass is 9.97.